The fourth-order valence-corrected chi connectivity index (χ4v) is 4.98. The van der Waals surface area contributed by atoms with E-state index in [1.165, 1.54) is 0 Å². The smallest absolute Gasteiger partial charge is 0.227 e. The van der Waals surface area contributed by atoms with Crippen LogP contribution in [0.3, 0.4) is 0 Å². The molecule has 2 aliphatic rings. The van der Waals surface area contributed by atoms with Crippen LogP contribution in [0.2, 0.25) is 0 Å². The minimum Gasteiger partial charge on any atom is -0.490 e. The van der Waals surface area contributed by atoms with Gasteiger partial charge in [0.25, 0.3) is 0 Å². The van der Waals surface area contributed by atoms with Crippen molar-refractivity contribution in [2.45, 2.75) is 46.6 Å². The van der Waals surface area contributed by atoms with Gasteiger partial charge in [0.1, 0.15) is 0 Å². The number of fused-ring (bicyclic) bond motifs is 2. The standard InChI is InChI=1S/C29H39N3O4/c1-22(2)20-30-12-6-13-32(23(3)33)26-9-5-4-8-25(26)21-31(15-14-30)29(34)19-24-10-11-27-28(18-24)36-17-7-16-35-27/h4-5,8-11,18,22H,6-7,12-17,19-21H2,1-3H3. The summed E-state index contributed by atoms with van der Waals surface area (Å²) in [5, 5.41) is 0. The van der Waals surface area contributed by atoms with Crippen LogP contribution >= 0.6 is 0 Å². The maximum Gasteiger partial charge on any atom is 0.227 e. The molecule has 0 saturated carbocycles. The van der Waals surface area contributed by atoms with E-state index in [0.717, 1.165) is 55.0 Å². The van der Waals surface area contributed by atoms with Crippen LogP contribution in [-0.2, 0) is 22.6 Å². The predicted molar refractivity (Wildman–Crippen MR) is 142 cm³/mol. The van der Waals surface area contributed by atoms with Gasteiger partial charge in [-0.1, -0.05) is 38.1 Å². The molecule has 7 nitrogen and oxygen atoms in total. The van der Waals surface area contributed by atoms with E-state index in [1.807, 2.05) is 52.3 Å². The molecule has 0 spiro atoms. The molecule has 0 fully saturated rings. The van der Waals surface area contributed by atoms with Crippen molar-refractivity contribution in [2.75, 3.05) is 50.8 Å². The highest BCUT2D eigenvalue weighted by Crippen LogP contribution is 2.31. The van der Waals surface area contributed by atoms with E-state index in [-0.39, 0.29) is 11.8 Å². The molecule has 0 radical (unpaired) electrons. The molecule has 2 aromatic carbocycles. The molecule has 2 aliphatic heterocycles. The second kappa shape index (κ2) is 12.3. The van der Waals surface area contributed by atoms with E-state index >= 15 is 0 Å². The number of ether oxygens (including phenoxy) is 2. The van der Waals surface area contributed by atoms with Gasteiger partial charge in [0, 0.05) is 51.8 Å². The second-order valence-corrected chi connectivity index (χ2v) is 10.2. The summed E-state index contributed by atoms with van der Waals surface area (Å²) in [5.74, 6) is 2.07. The zero-order valence-electron chi connectivity index (χ0n) is 21.9. The van der Waals surface area contributed by atoms with Crippen molar-refractivity contribution in [1.82, 2.24) is 9.80 Å². The fourth-order valence-electron chi connectivity index (χ4n) is 4.98. The molecule has 0 saturated heterocycles. The Morgan fingerprint density at radius 1 is 0.917 bits per heavy atom. The number of benzene rings is 2. The van der Waals surface area contributed by atoms with E-state index < -0.39 is 0 Å². The third kappa shape index (κ3) is 6.78. The van der Waals surface area contributed by atoms with Crippen LogP contribution in [0.4, 0.5) is 5.69 Å². The number of rotatable bonds is 4. The largest absolute Gasteiger partial charge is 0.490 e. The summed E-state index contributed by atoms with van der Waals surface area (Å²) >= 11 is 0. The number of para-hydroxylation sites is 1. The Bertz CT molecular complexity index is 1050. The van der Waals surface area contributed by atoms with Gasteiger partial charge >= 0.3 is 0 Å². The number of amides is 2. The van der Waals surface area contributed by atoms with Gasteiger partial charge in [-0.05, 0) is 48.2 Å². The third-order valence-electron chi connectivity index (χ3n) is 6.71. The van der Waals surface area contributed by atoms with Gasteiger partial charge in [-0.2, -0.15) is 0 Å². The highest BCUT2D eigenvalue weighted by molar-refractivity contribution is 5.92. The van der Waals surface area contributed by atoms with E-state index in [1.54, 1.807) is 6.92 Å². The highest BCUT2D eigenvalue weighted by atomic mass is 16.5. The topological polar surface area (TPSA) is 62.3 Å². The van der Waals surface area contributed by atoms with Gasteiger partial charge in [-0.15, -0.1) is 0 Å². The summed E-state index contributed by atoms with van der Waals surface area (Å²) < 4.78 is 11.6. The summed E-state index contributed by atoms with van der Waals surface area (Å²) in [7, 11) is 0. The molecule has 0 aromatic heterocycles. The van der Waals surface area contributed by atoms with Crippen molar-refractivity contribution in [3.05, 3.63) is 53.6 Å². The lowest BCUT2D eigenvalue weighted by atomic mass is 10.1. The summed E-state index contributed by atoms with van der Waals surface area (Å²) in [5.41, 5.74) is 2.81. The normalized spacial score (nSPS) is 17.2. The summed E-state index contributed by atoms with van der Waals surface area (Å²) in [6.45, 7) is 11.8. The summed E-state index contributed by atoms with van der Waals surface area (Å²) in [4.78, 5) is 32.5. The van der Waals surface area contributed by atoms with Gasteiger partial charge in [-0.25, -0.2) is 0 Å². The molecule has 0 unspecified atom stereocenters. The molecule has 7 heteroatoms. The number of carbonyl (C=O) groups excluding carboxylic acids is 2. The van der Waals surface area contributed by atoms with Gasteiger partial charge in [-0.3, -0.25) is 9.59 Å². The van der Waals surface area contributed by atoms with Crippen LogP contribution in [0.15, 0.2) is 42.5 Å². The Balaban J connectivity index is 1.59. The average molecular weight is 494 g/mol. The summed E-state index contributed by atoms with van der Waals surface area (Å²) in [6, 6.07) is 13.8. The van der Waals surface area contributed by atoms with Crippen molar-refractivity contribution >= 4 is 17.5 Å². The first-order chi connectivity index (χ1) is 17.4. The molecule has 36 heavy (non-hydrogen) atoms. The number of anilines is 1. The van der Waals surface area contributed by atoms with Crippen LogP contribution in [0.1, 0.15) is 44.7 Å². The molecule has 0 aliphatic carbocycles. The van der Waals surface area contributed by atoms with Gasteiger partial charge in [0.05, 0.1) is 19.6 Å². The first kappa shape index (κ1) is 26.0. The van der Waals surface area contributed by atoms with E-state index in [0.29, 0.717) is 50.9 Å². The van der Waals surface area contributed by atoms with Crippen molar-refractivity contribution in [1.29, 1.82) is 0 Å². The number of carbonyl (C=O) groups is 2. The number of nitrogens with zero attached hydrogens (tertiary/aromatic N) is 3. The first-order valence-electron chi connectivity index (χ1n) is 13.2. The SMILES string of the molecule is CC(=O)N1CCCN(CC(C)C)CCN(C(=O)Cc2ccc3c(c2)OCCCO3)Cc2ccccc21. The van der Waals surface area contributed by atoms with Crippen molar-refractivity contribution in [2.24, 2.45) is 5.92 Å². The fraction of sp³-hybridized carbons (Fsp3) is 0.517. The minimum absolute atomic E-state index is 0.0298. The first-order valence-corrected chi connectivity index (χ1v) is 13.2. The molecular formula is C29H39N3O4. The highest BCUT2D eigenvalue weighted by Gasteiger charge is 2.23. The van der Waals surface area contributed by atoms with Crippen molar-refractivity contribution in [3.63, 3.8) is 0 Å². The average Bonchev–Trinajstić information content (AvgIpc) is 3.10. The third-order valence-corrected chi connectivity index (χ3v) is 6.71. The Hall–Kier alpha value is -3.06. The number of hydrogen-bond acceptors (Lipinski definition) is 5. The molecule has 2 aromatic rings. The zero-order chi connectivity index (χ0) is 25.5. The van der Waals surface area contributed by atoms with E-state index in [4.69, 9.17) is 9.47 Å². The van der Waals surface area contributed by atoms with Crippen molar-refractivity contribution < 1.29 is 19.1 Å². The predicted octanol–water partition coefficient (Wildman–Crippen LogP) is 4.13. The molecule has 0 N–H and O–H groups in total. The molecule has 0 bridgehead atoms. The second-order valence-electron chi connectivity index (χ2n) is 10.2. The van der Waals surface area contributed by atoms with E-state index in [9.17, 15) is 9.59 Å². The summed E-state index contributed by atoms with van der Waals surface area (Å²) in [6.07, 6.45) is 2.03. The Morgan fingerprint density at radius 2 is 1.69 bits per heavy atom. The molecule has 2 amide bonds. The van der Waals surface area contributed by atoms with Crippen LogP contribution in [-0.4, -0.2) is 67.6 Å². The van der Waals surface area contributed by atoms with Crippen LogP contribution in [0, 0.1) is 5.92 Å². The molecule has 2 heterocycles. The monoisotopic (exact) mass is 493 g/mol. The Labute approximate surface area is 215 Å². The van der Waals surface area contributed by atoms with Crippen LogP contribution in [0.25, 0.3) is 0 Å². The molecule has 0 atom stereocenters. The van der Waals surface area contributed by atoms with Gasteiger partial charge in [0.15, 0.2) is 11.5 Å². The maximum absolute atomic E-state index is 13.7. The zero-order valence-corrected chi connectivity index (χ0v) is 21.9. The lowest BCUT2D eigenvalue weighted by Gasteiger charge is -2.29. The van der Waals surface area contributed by atoms with Crippen LogP contribution < -0.4 is 14.4 Å². The Kier molecular flexibility index (Phi) is 8.86. The van der Waals surface area contributed by atoms with Crippen molar-refractivity contribution in [3.8, 4) is 11.5 Å². The van der Waals surface area contributed by atoms with Gasteiger partial charge in [0.2, 0.25) is 11.8 Å². The molecular weight excluding hydrogens is 454 g/mol. The van der Waals surface area contributed by atoms with Gasteiger partial charge < -0.3 is 24.2 Å². The molecule has 194 valence electrons. The lowest BCUT2D eigenvalue weighted by molar-refractivity contribution is -0.131. The Morgan fingerprint density at radius 3 is 2.47 bits per heavy atom. The maximum atomic E-state index is 13.7. The minimum atomic E-state index is 0.0298. The van der Waals surface area contributed by atoms with E-state index in [2.05, 4.69) is 18.7 Å². The molecule has 4 rings (SSSR count). The lowest BCUT2D eigenvalue weighted by Crippen LogP contribution is -2.40. The van der Waals surface area contributed by atoms with Crippen LogP contribution in [0.5, 0.6) is 11.5 Å². The quantitative estimate of drug-likeness (QED) is 0.641. The number of hydrogen-bond donors (Lipinski definition) is 0.